The van der Waals surface area contributed by atoms with Crippen LogP contribution in [0.15, 0.2) is 24.4 Å². The highest BCUT2D eigenvalue weighted by molar-refractivity contribution is 7.11. The van der Waals surface area contributed by atoms with Crippen molar-refractivity contribution in [2.45, 2.75) is 32.3 Å². The minimum absolute atomic E-state index is 0.0774. The van der Waals surface area contributed by atoms with Crippen molar-refractivity contribution in [2.24, 2.45) is 0 Å². The molecule has 1 amide bonds. The number of aryl methyl sites for hydroxylation is 2. The van der Waals surface area contributed by atoms with Crippen molar-refractivity contribution >= 4 is 23.1 Å². The molecule has 128 valence electrons. The average Bonchev–Trinajstić information content (AvgIpc) is 3.10. The van der Waals surface area contributed by atoms with E-state index in [0.717, 1.165) is 27.9 Å². The molecule has 0 radical (unpaired) electrons. The minimum atomic E-state index is -0.911. The van der Waals surface area contributed by atoms with E-state index in [0.29, 0.717) is 19.4 Å². The molecule has 1 saturated heterocycles. The number of amides is 1. The van der Waals surface area contributed by atoms with Gasteiger partial charge < -0.3 is 15.3 Å². The van der Waals surface area contributed by atoms with Crippen molar-refractivity contribution in [3.63, 3.8) is 0 Å². The number of pyridine rings is 1. The average molecular weight is 346 g/mol. The molecule has 7 heteroatoms. The van der Waals surface area contributed by atoms with Crippen LogP contribution in [0.2, 0.25) is 0 Å². The maximum atomic E-state index is 12.2. The van der Waals surface area contributed by atoms with Crippen molar-refractivity contribution in [3.05, 3.63) is 40.0 Å². The van der Waals surface area contributed by atoms with Gasteiger partial charge in [-0.2, -0.15) is 0 Å². The first-order valence-corrected chi connectivity index (χ1v) is 8.85. The van der Waals surface area contributed by atoms with E-state index in [1.165, 1.54) is 0 Å². The number of carbonyl (C=O) groups is 1. The van der Waals surface area contributed by atoms with E-state index in [2.05, 4.69) is 15.3 Å². The number of nitrogens with one attached hydrogen (secondary N) is 1. The van der Waals surface area contributed by atoms with Crippen LogP contribution in [-0.2, 0) is 11.2 Å². The molecule has 0 saturated carbocycles. The van der Waals surface area contributed by atoms with Crippen LogP contribution in [0.25, 0.3) is 0 Å². The highest BCUT2D eigenvalue weighted by atomic mass is 32.1. The Labute approximate surface area is 145 Å². The molecule has 6 nitrogen and oxygen atoms in total. The Morgan fingerprint density at radius 1 is 1.46 bits per heavy atom. The largest absolute Gasteiger partial charge is 0.386 e. The minimum Gasteiger partial charge on any atom is -0.386 e. The molecule has 2 aromatic rings. The summed E-state index contributed by atoms with van der Waals surface area (Å²) < 4.78 is 0. The van der Waals surface area contributed by atoms with Gasteiger partial charge in [-0.15, -0.1) is 11.3 Å². The Morgan fingerprint density at radius 3 is 2.96 bits per heavy atom. The lowest BCUT2D eigenvalue weighted by Gasteiger charge is -2.24. The van der Waals surface area contributed by atoms with E-state index in [1.54, 1.807) is 17.5 Å². The van der Waals surface area contributed by atoms with Gasteiger partial charge in [0.2, 0.25) is 5.91 Å². The molecule has 3 rings (SSSR count). The van der Waals surface area contributed by atoms with Crippen LogP contribution in [0.1, 0.15) is 22.0 Å². The summed E-state index contributed by atoms with van der Waals surface area (Å²) in [6, 6.07) is 5.73. The molecule has 2 N–H and O–H groups in total. The fourth-order valence-electron chi connectivity index (χ4n) is 2.95. The second-order valence-electron chi connectivity index (χ2n) is 6.28. The number of thiazole rings is 1. The van der Waals surface area contributed by atoms with Crippen LogP contribution in [0.3, 0.4) is 0 Å². The summed E-state index contributed by atoms with van der Waals surface area (Å²) in [7, 11) is 0. The van der Waals surface area contributed by atoms with Crippen molar-refractivity contribution in [1.82, 2.24) is 15.3 Å². The van der Waals surface area contributed by atoms with Crippen LogP contribution in [0.4, 0.5) is 5.82 Å². The van der Waals surface area contributed by atoms with E-state index < -0.39 is 5.60 Å². The first-order chi connectivity index (χ1) is 11.5. The van der Waals surface area contributed by atoms with Gasteiger partial charge in [-0.3, -0.25) is 4.79 Å². The number of rotatable bonds is 5. The maximum absolute atomic E-state index is 12.2. The van der Waals surface area contributed by atoms with Gasteiger partial charge in [-0.1, -0.05) is 6.07 Å². The molecule has 1 aliphatic heterocycles. The number of nitrogens with zero attached hydrogens (tertiary/aromatic N) is 3. The molecule has 1 atom stereocenters. The smallest absolute Gasteiger partial charge is 0.225 e. The van der Waals surface area contributed by atoms with E-state index in [4.69, 9.17) is 0 Å². The zero-order valence-corrected chi connectivity index (χ0v) is 14.8. The van der Waals surface area contributed by atoms with Gasteiger partial charge in [0.1, 0.15) is 11.4 Å². The number of carbonyl (C=O) groups excluding carboxylic acids is 1. The molecule has 24 heavy (non-hydrogen) atoms. The fourth-order valence-corrected chi connectivity index (χ4v) is 3.88. The molecule has 0 bridgehead atoms. The summed E-state index contributed by atoms with van der Waals surface area (Å²) in [5, 5.41) is 14.5. The zero-order valence-electron chi connectivity index (χ0n) is 14.0. The van der Waals surface area contributed by atoms with Crippen molar-refractivity contribution in [1.29, 1.82) is 0 Å². The van der Waals surface area contributed by atoms with E-state index >= 15 is 0 Å². The summed E-state index contributed by atoms with van der Waals surface area (Å²) in [6.45, 7) is 5.32. The normalized spacial score (nSPS) is 20.4. The summed E-state index contributed by atoms with van der Waals surface area (Å²) in [5.74, 6) is 0.780. The number of β-amino-alcohol motifs (C(OH)–C–C–N with tert-alkyl or cyclic N) is 1. The first kappa shape index (κ1) is 16.9. The van der Waals surface area contributed by atoms with Crippen molar-refractivity contribution in [3.8, 4) is 0 Å². The zero-order chi connectivity index (χ0) is 17.2. The van der Waals surface area contributed by atoms with Crippen molar-refractivity contribution < 1.29 is 9.90 Å². The van der Waals surface area contributed by atoms with Crippen LogP contribution in [0, 0.1) is 13.8 Å². The Hall–Kier alpha value is -1.99. The first-order valence-electron chi connectivity index (χ1n) is 8.03. The van der Waals surface area contributed by atoms with Gasteiger partial charge in [-0.05, 0) is 32.4 Å². The Balaban J connectivity index is 1.53. The maximum Gasteiger partial charge on any atom is 0.225 e. The van der Waals surface area contributed by atoms with Crippen molar-refractivity contribution in [2.75, 3.05) is 24.5 Å². The summed E-state index contributed by atoms with van der Waals surface area (Å²) >= 11 is 1.55. The van der Waals surface area contributed by atoms with E-state index in [1.807, 2.05) is 36.9 Å². The van der Waals surface area contributed by atoms with Crippen LogP contribution in [-0.4, -0.2) is 46.2 Å². The summed E-state index contributed by atoms with van der Waals surface area (Å²) in [6.07, 6.45) is 2.67. The number of anilines is 1. The highest BCUT2D eigenvalue weighted by Gasteiger charge is 2.36. The monoisotopic (exact) mass is 346 g/mol. The Morgan fingerprint density at radius 2 is 2.29 bits per heavy atom. The lowest BCUT2D eigenvalue weighted by atomic mass is 10.0. The number of aromatic nitrogens is 2. The molecule has 0 spiro atoms. The highest BCUT2D eigenvalue weighted by Crippen LogP contribution is 2.25. The van der Waals surface area contributed by atoms with Gasteiger partial charge in [-0.25, -0.2) is 9.97 Å². The van der Waals surface area contributed by atoms with Gasteiger partial charge in [0.25, 0.3) is 0 Å². The number of hydrogen-bond donors (Lipinski definition) is 2. The molecular weight excluding hydrogens is 324 g/mol. The topological polar surface area (TPSA) is 78.3 Å². The molecule has 3 heterocycles. The Kier molecular flexibility index (Phi) is 4.82. The molecule has 0 aromatic carbocycles. The lowest BCUT2D eigenvalue weighted by molar-refractivity contribution is -0.121. The molecule has 0 unspecified atom stereocenters. The SMILES string of the molecule is Cc1nc(C)c(CC(=O)NC[C@]2(O)CCN(c3ccccn3)C2)s1. The summed E-state index contributed by atoms with van der Waals surface area (Å²) in [5.41, 5.74) is -0.000171. The second-order valence-corrected chi connectivity index (χ2v) is 7.57. The predicted octanol–water partition coefficient (Wildman–Crippen LogP) is 1.46. The third kappa shape index (κ3) is 3.91. The molecular formula is C17H22N4O2S. The molecule has 1 aliphatic rings. The van der Waals surface area contributed by atoms with Gasteiger partial charge in [0.05, 0.1) is 17.1 Å². The third-order valence-electron chi connectivity index (χ3n) is 4.24. The van der Waals surface area contributed by atoms with Crippen LogP contribution >= 0.6 is 11.3 Å². The number of hydrogen-bond acceptors (Lipinski definition) is 6. The standard InChI is InChI=1S/C17H22N4O2S/c1-12-14(24-13(2)20-12)9-16(22)19-10-17(23)6-8-21(11-17)15-5-3-4-7-18-15/h3-5,7,23H,6,8-11H2,1-2H3,(H,19,22)/t17-/m1/s1. The molecule has 1 fully saturated rings. The van der Waals surface area contributed by atoms with E-state index in [9.17, 15) is 9.90 Å². The summed E-state index contributed by atoms with van der Waals surface area (Å²) in [4.78, 5) is 23.8. The Bertz CT molecular complexity index is 719. The van der Waals surface area contributed by atoms with Gasteiger partial charge in [0, 0.05) is 30.7 Å². The molecule has 0 aliphatic carbocycles. The van der Waals surface area contributed by atoms with Gasteiger partial charge in [0.15, 0.2) is 0 Å². The quantitative estimate of drug-likeness (QED) is 0.857. The van der Waals surface area contributed by atoms with Crippen LogP contribution < -0.4 is 10.2 Å². The third-order valence-corrected chi connectivity index (χ3v) is 5.31. The van der Waals surface area contributed by atoms with Gasteiger partial charge >= 0.3 is 0 Å². The van der Waals surface area contributed by atoms with E-state index in [-0.39, 0.29) is 12.5 Å². The fraction of sp³-hybridized carbons (Fsp3) is 0.471. The lowest BCUT2D eigenvalue weighted by Crippen LogP contribution is -2.45. The predicted molar refractivity (Wildman–Crippen MR) is 94.3 cm³/mol. The second kappa shape index (κ2) is 6.86. The molecule has 2 aromatic heterocycles. The van der Waals surface area contributed by atoms with Crippen LogP contribution in [0.5, 0.6) is 0 Å². The number of aliphatic hydroxyl groups is 1.